The van der Waals surface area contributed by atoms with E-state index < -0.39 is 0 Å². The zero-order valence-electron chi connectivity index (χ0n) is 5.90. The van der Waals surface area contributed by atoms with Gasteiger partial charge in [-0.05, 0) is 6.92 Å². The van der Waals surface area contributed by atoms with Gasteiger partial charge in [-0.25, -0.2) is 9.97 Å². The number of thiocarbonyl (C=S) groups is 1. The maximum absolute atomic E-state index is 8.40. The molecule has 0 N–H and O–H groups in total. The van der Waals surface area contributed by atoms with Crippen LogP contribution in [0.4, 0.5) is 0 Å². The van der Waals surface area contributed by atoms with Crippen molar-refractivity contribution in [3.05, 3.63) is 23.8 Å². The van der Waals surface area contributed by atoms with E-state index in [0.717, 1.165) is 0 Å². The van der Waals surface area contributed by atoms with E-state index in [1.54, 1.807) is 6.92 Å². The lowest BCUT2D eigenvalue weighted by Crippen LogP contribution is -1.98. The molecule has 0 aliphatic rings. The number of nitrogens with zero attached hydrogens (tertiary/aromatic N) is 3. The average Bonchev–Trinajstić information content (AvgIpc) is 2.05. The molecule has 0 saturated carbocycles. The third-order valence-corrected chi connectivity index (χ3v) is 1.28. The molecule has 1 rings (SSSR count). The number of aromatic nitrogens is 2. The first-order valence-corrected chi connectivity index (χ1v) is 3.38. The molecule has 1 heterocycles. The van der Waals surface area contributed by atoms with Crippen molar-refractivity contribution in [2.75, 3.05) is 0 Å². The summed E-state index contributed by atoms with van der Waals surface area (Å²) in [6, 6.07) is 1.92. The van der Waals surface area contributed by atoms with Crippen LogP contribution in [0.2, 0.25) is 0 Å². The van der Waals surface area contributed by atoms with Gasteiger partial charge in [-0.3, -0.25) is 0 Å². The third-order valence-electron chi connectivity index (χ3n) is 1.10. The summed E-state index contributed by atoms with van der Waals surface area (Å²) in [4.78, 5) is 8.38. The second-order valence-electron chi connectivity index (χ2n) is 1.96. The van der Waals surface area contributed by atoms with E-state index in [1.165, 1.54) is 12.4 Å². The number of rotatable bonds is 1. The summed E-state index contributed by atoms with van der Waals surface area (Å²) in [5.74, 6) is 0.513. The number of hydrogen-bond donors (Lipinski definition) is 0. The molecule has 0 aromatic carbocycles. The summed E-state index contributed by atoms with van der Waals surface area (Å²) in [5.41, 5.74) is 0.449. The van der Waals surface area contributed by atoms with Crippen molar-refractivity contribution in [2.45, 2.75) is 6.92 Å². The van der Waals surface area contributed by atoms with Gasteiger partial charge in [0.05, 0.1) is 10.4 Å². The molecule has 1 aromatic heterocycles. The minimum Gasteiger partial charge on any atom is -0.235 e. The zero-order valence-corrected chi connectivity index (χ0v) is 6.72. The quantitative estimate of drug-likeness (QED) is 0.459. The second kappa shape index (κ2) is 3.17. The van der Waals surface area contributed by atoms with Crippen LogP contribution in [0.15, 0.2) is 12.4 Å². The van der Waals surface area contributed by atoms with Crippen molar-refractivity contribution in [3.8, 4) is 6.07 Å². The van der Waals surface area contributed by atoms with Gasteiger partial charge in [-0.1, -0.05) is 12.2 Å². The predicted molar refractivity (Wildman–Crippen MR) is 44.1 cm³/mol. The van der Waals surface area contributed by atoms with E-state index in [-0.39, 0.29) is 0 Å². The Balaban J connectivity index is 3.03. The van der Waals surface area contributed by atoms with Crippen LogP contribution in [0.3, 0.4) is 0 Å². The van der Waals surface area contributed by atoms with Gasteiger partial charge in [-0.2, -0.15) is 5.26 Å². The molecule has 0 amide bonds. The van der Waals surface area contributed by atoms with Gasteiger partial charge in [0.25, 0.3) is 0 Å². The van der Waals surface area contributed by atoms with Crippen molar-refractivity contribution in [1.29, 1.82) is 5.26 Å². The molecule has 4 heteroatoms. The fourth-order valence-electron chi connectivity index (χ4n) is 0.568. The van der Waals surface area contributed by atoms with E-state index in [2.05, 4.69) is 9.97 Å². The lowest BCUT2D eigenvalue weighted by atomic mass is 10.3. The summed E-state index contributed by atoms with van der Waals surface area (Å²) in [7, 11) is 0. The summed E-state index contributed by atoms with van der Waals surface area (Å²) >= 11 is 4.83. The SMILES string of the molecule is CC(=S)c1ncc(C#N)cn1. The molecule has 11 heavy (non-hydrogen) atoms. The summed E-state index contributed by atoms with van der Waals surface area (Å²) in [6.07, 6.45) is 2.91. The standard InChI is InChI=1S/C7H5N3S/c1-5(11)7-9-3-6(2-8)4-10-7/h3-4H,1H3. The molecular weight excluding hydrogens is 158 g/mol. The second-order valence-corrected chi connectivity index (χ2v) is 2.58. The van der Waals surface area contributed by atoms with E-state index in [0.29, 0.717) is 16.3 Å². The van der Waals surface area contributed by atoms with Crippen LogP contribution >= 0.6 is 12.2 Å². The van der Waals surface area contributed by atoms with Crippen molar-refractivity contribution in [3.63, 3.8) is 0 Å². The van der Waals surface area contributed by atoms with Gasteiger partial charge in [0, 0.05) is 12.4 Å². The molecule has 3 nitrogen and oxygen atoms in total. The first-order chi connectivity index (χ1) is 5.24. The highest BCUT2D eigenvalue weighted by Crippen LogP contribution is 1.95. The Labute approximate surface area is 69.7 Å². The van der Waals surface area contributed by atoms with E-state index in [4.69, 9.17) is 17.5 Å². The Morgan fingerprint density at radius 2 is 2.09 bits per heavy atom. The molecule has 54 valence electrons. The molecule has 0 radical (unpaired) electrons. The van der Waals surface area contributed by atoms with Crippen LogP contribution in [0.5, 0.6) is 0 Å². The van der Waals surface area contributed by atoms with E-state index in [9.17, 15) is 0 Å². The highest BCUT2D eigenvalue weighted by atomic mass is 32.1. The number of nitriles is 1. The largest absolute Gasteiger partial charge is 0.235 e. The average molecular weight is 163 g/mol. The Morgan fingerprint density at radius 3 is 2.45 bits per heavy atom. The van der Waals surface area contributed by atoms with Crippen molar-refractivity contribution < 1.29 is 0 Å². The molecule has 0 bridgehead atoms. The predicted octanol–water partition coefficient (Wildman–Crippen LogP) is 1.09. The van der Waals surface area contributed by atoms with E-state index in [1.807, 2.05) is 6.07 Å². The highest BCUT2D eigenvalue weighted by Gasteiger charge is 1.97. The minimum atomic E-state index is 0.449. The molecule has 0 fully saturated rings. The smallest absolute Gasteiger partial charge is 0.165 e. The van der Waals surface area contributed by atoms with E-state index >= 15 is 0 Å². The molecule has 0 atom stereocenters. The van der Waals surface area contributed by atoms with Gasteiger partial charge in [-0.15, -0.1) is 0 Å². The van der Waals surface area contributed by atoms with Crippen LogP contribution in [0, 0.1) is 11.3 Å². The maximum Gasteiger partial charge on any atom is 0.165 e. The minimum absolute atomic E-state index is 0.449. The molecule has 0 aliphatic carbocycles. The van der Waals surface area contributed by atoms with Crippen molar-refractivity contribution >= 4 is 17.1 Å². The Kier molecular flexibility index (Phi) is 2.24. The number of hydrogen-bond acceptors (Lipinski definition) is 4. The third kappa shape index (κ3) is 1.79. The summed E-state index contributed by atoms with van der Waals surface area (Å²) < 4.78 is 0. The molecule has 0 saturated heterocycles. The van der Waals surface area contributed by atoms with Gasteiger partial charge >= 0.3 is 0 Å². The van der Waals surface area contributed by atoms with Crippen LogP contribution < -0.4 is 0 Å². The Hall–Kier alpha value is -1.34. The Morgan fingerprint density at radius 1 is 1.55 bits per heavy atom. The topological polar surface area (TPSA) is 49.6 Å². The zero-order chi connectivity index (χ0) is 8.27. The van der Waals surface area contributed by atoms with Crippen LogP contribution in [-0.4, -0.2) is 14.8 Å². The first-order valence-electron chi connectivity index (χ1n) is 2.97. The van der Waals surface area contributed by atoms with Crippen molar-refractivity contribution in [1.82, 2.24) is 9.97 Å². The van der Waals surface area contributed by atoms with Crippen LogP contribution in [0.25, 0.3) is 0 Å². The fraction of sp³-hybridized carbons (Fsp3) is 0.143. The normalized spacial score (nSPS) is 8.73. The highest BCUT2D eigenvalue weighted by molar-refractivity contribution is 7.80. The molecular formula is C7H5N3S. The maximum atomic E-state index is 8.40. The Bertz CT molecular complexity index is 309. The van der Waals surface area contributed by atoms with Crippen LogP contribution in [-0.2, 0) is 0 Å². The molecule has 0 unspecified atom stereocenters. The van der Waals surface area contributed by atoms with Gasteiger partial charge in [0.1, 0.15) is 6.07 Å². The molecule has 1 aromatic rings. The molecule has 0 spiro atoms. The lowest BCUT2D eigenvalue weighted by Gasteiger charge is -1.93. The fourth-order valence-corrected chi connectivity index (χ4v) is 0.673. The first kappa shape index (κ1) is 7.76. The lowest BCUT2D eigenvalue weighted by molar-refractivity contribution is 1.12. The van der Waals surface area contributed by atoms with Gasteiger partial charge < -0.3 is 0 Å². The van der Waals surface area contributed by atoms with Crippen molar-refractivity contribution in [2.24, 2.45) is 0 Å². The van der Waals surface area contributed by atoms with Gasteiger partial charge in [0.15, 0.2) is 5.82 Å². The molecule has 0 aliphatic heterocycles. The monoisotopic (exact) mass is 163 g/mol. The van der Waals surface area contributed by atoms with Crippen LogP contribution in [0.1, 0.15) is 18.3 Å². The summed E-state index contributed by atoms with van der Waals surface area (Å²) in [5, 5.41) is 8.40. The van der Waals surface area contributed by atoms with Gasteiger partial charge in [0.2, 0.25) is 0 Å². The summed E-state index contributed by atoms with van der Waals surface area (Å²) in [6.45, 7) is 1.75.